The topological polar surface area (TPSA) is 67.0 Å². The van der Waals surface area contributed by atoms with Gasteiger partial charge in [0, 0.05) is 32.8 Å². The molecule has 0 radical (unpaired) electrons. The summed E-state index contributed by atoms with van der Waals surface area (Å²) in [5.74, 6) is 2.66. The van der Waals surface area contributed by atoms with Crippen molar-refractivity contribution in [2.75, 3.05) is 33.3 Å². The molecule has 0 aliphatic heterocycles. The molecule has 0 fully saturated rings. The van der Waals surface area contributed by atoms with Gasteiger partial charge < -0.3 is 15.0 Å². The van der Waals surface area contributed by atoms with Crippen LogP contribution in [-0.4, -0.2) is 58.7 Å². The van der Waals surface area contributed by atoms with E-state index in [2.05, 4.69) is 27.3 Å². The second kappa shape index (κ2) is 11.5. The van der Waals surface area contributed by atoms with Crippen LogP contribution in [0.5, 0.6) is 5.75 Å². The van der Waals surface area contributed by atoms with E-state index < -0.39 is 0 Å². The third kappa shape index (κ3) is 6.08. The number of aromatic nitrogens is 3. The largest absolute Gasteiger partial charge is 0.492 e. The molecule has 1 aromatic carbocycles. The van der Waals surface area contributed by atoms with Crippen LogP contribution < -0.4 is 10.1 Å². The molecule has 1 N–H and O–H groups in total. The maximum absolute atomic E-state index is 5.77. The minimum atomic E-state index is 0. The fourth-order valence-electron chi connectivity index (χ4n) is 2.72. The number of pyridine rings is 1. The Morgan fingerprint density at radius 3 is 2.71 bits per heavy atom. The summed E-state index contributed by atoms with van der Waals surface area (Å²) in [6.45, 7) is 4.86. The highest BCUT2D eigenvalue weighted by Gasteiger charge is 2.07. The lowest BCUT2D eigenvalue weighted by Gasteiger charge is -2.22. The van der Waals surface area contributed by atoms with Crippen molar-refractivity contribution in [3.8, 4) is 5.75 Å². The molecule has 0 atom stereocenters. The third-order valence-corrected chi connectivity index (χ3v) is 4.12. The van der Waals surface area contributed by atoms with Crippen molar-refractivity contribution >= 4 is 35.6 Å². The van der Waals surface area contributed by atoms with Gasteiger partial charge >= 0.3 is 0 Å². The Kier molecular flexibility index (Phi) is 8.99. The molecule has 2 heterocycles. The van der Waals surface area contributed by atoms with E-state index in [4.69, 9.17) is 9.73 Å². The zero-order chi connectivity index (χ0) is 18.9. The summed E-state index contributed by atoms with van der Waals surface area (Å²) in [7, 11) is 2.02. The van der Waals surface area contributed by atoms with Gasteiger partial charge in [-0.15, -0.1) is 34.2 Å². The highest BCUT2D eigenvalue weighted by molar-refractivity contribution is 14.0. The van der Waals surface area contributed by atoms with Gasteiger partial charge in [0.05, 0.1) is 6.54 Å². The van der Waals surface area contributed by atoms with Crippen LogP contribution >= 0.6 is 24.0 Å². The number of hydrogen-bond donors (Lipinski definition) is 1. The Hall–Kier alpha value is -2.36. The fraction of sp³-hybridized carbons (Fsp3) is 0.350. The van der Waals surface area contributed by atoms with E-state index in [0.29, 0.717) is 13.2 Å². The highest BCUT2D eigenvalue weighted by atomic mass is 127. The first kappa shape index (κ1) is 21.9. The van der Waals surface area contributed by atoms with Gasteiger partial charge in [0.2, 0.25) is 0 Å². The predicted molar refractivity (Wildman–Crippen MR) is 123 cm³/mol. The lowest BCUT2D eigenvalue weighted by molar-refractivity contribution is 0.281. The minimum Gasteiger partial charge on any atom is -0.492 e. The van der Waals surface area contributed by atoms with Crippen LogP contribution in [0.25, 0.3) is 5.65 Å². The minimum absolute atomic E-state index is 0. The predicted octanol–water partition coefficient (Wildman–Crippen LogP) is 2.87. The van der Waals surface area contributed by atoms with E-state index in [1.807, 2.05) is 66.2 Å². The Morgan fingerprint density at radius 1 is 1.14 bits per heavy atom. The first-order chi connectivity index (χ1) is 13.3. The number of hydrogen-bond acceptors (Lipinski definition) is 4. The van der Waals surface area contributed by atoms with Gasteiger partial charge in [-0.3, -0.25) is 9.39 Å². The number of likely N-dealkylation sites (N-methyl/N-ethyl adjacent to an activating group) is 1. The first-order valence-electron chi connectivity index (χ1n) is 9.24. The van der Waals surface area contributed by atoms with E-state index in [0.717, 1.165) is 42.7 Å². The van der Waals surface area contributed by atoms with Crippen molar-refractivity contribution in [2.24, 2.45) is 4.99 Å². The maximum atomic E-state index is 5.77. The molecule has 7 nitrogen and oxygen atoms in total. The Labute approximate surface area is 182 Å². The van der Waals surface area contributed by atoms with Crippen LogP contribution in [0.1, 0.15) is 12.7 Å². The Balaban J connectivity index is 0.00000280. The summed E-state index contributed by atoms with van der Waals surface area (Å²) in [6, 6.07) is 15.7. The number of halogens is 1. The van der Waals surface area contributed by atoms with Crippen LogP contribution in [0.4, 0.5) is 0 Å². The third-order valence-electron chi connectivity index (χ3n) is 4.12. The lowest BCUT2D eigenvalue weighted by atomic mass is 10.3. The number of nitrogens with one attached hydrogen (secondary N) is 1. The summed E-state index contributed by atoms with van der Waals surface area (Å²) >= 11 is 0. The fourth-order valence-corrected chi connectivity index (χ4v) is 2.72. The molecule has 0 bridgehead atoms. The molecule has 0 aliphatic carbocycles. The molecule has 3 rings (SSSR count). The molecule has 0 saturated heterocycles. The molecule has 8 heteroatoms. The number of rotatable bonds is 8. The Bertz CT molecular complexity index is 867. The van der Waals surface area contributed by atoms with Crippen molar-refractivity contribution in [2.45, 2.75) is 13.3 Å². The van der Waals surface area contributed by atoms with Crippen LogP contribution in [0.15, 0.2) is 59.7 Å². The Morgan fingerprint density at radius 2 is 1.93 bits per heavy atom. The molecule has 0 unspecified atom stereocenters. The van der Waals surface area contributed by atoms with E-state index >= 15 is 0 Å². The summed E-state index contributed by atoms with van der Waals surface area (Å²) in [5.41, 5.74) is 0.860. The normalized spacial score (nSPS) is 11.1. The monoisotopic (exact) mass is 494 g/mol. The number of para-hydroxylation sites is 1. The quantitative estimate of drug-likeness (QED) is 0.297. The van der Waals surface area contributed by atoms with Gasteiger partial charge in [-0.1, -0.05) is 24.3 Å². The molecule has 2 aromatic heterocycles. The SMILES string of the molecule is CCNC(=NCCc1nnc2ccccn12)N(C)CCOc1ccccc1.I. The van der Waals surface area contributed by atoms with Gasteiger partial charge in [0.25, 0.3) is 0 Å². The number of guanidine groups is 1. The van der Waals surface area contributed by atoms with E-state index in [1.165, 1.54) is 0 Å². The number of aliphatic imine (C=N–C) groups is 1. The van der Waals surface area contributed by atoms with Gasteiger partial charge in [-0.05, 0) is 31.2 Å². The highest BCUT2D eigenvalue weighted by Crippen LogP contribution is 2.08. The molecule has 3 aromatic rings. The molecular weight excluding hydrogens is 467 g/mol. The summed E-state index contributed by atoms with van der Waals surface area (Å²) in [5, 5.41) is 11.8. The lowest BCUT2D eigenvalue weighted by Crippen LogP contribution is -2.41. The van der Waals surface area contributed by atoms with Crippen molar-refractivity contribution in [1.82, 2.24) is 24.8 Å². The van der Waals surface area contributed by atoms with Crippen LogP contribution in [0, 0.1) is 0 Å². The average Bonchev–Trinajstić information content (AvgIpc) is 3.11. The van der Waals surface area contributed by atoms with Gasteiger partial charge in [0.15, 0.2) is 11.6 Å². The summed E-state index contributed by atoms with van der Waals surface area (Å²) in [6.07, 6.45) is 2.71. The molecule has 0 aliphatic rings. The number of benzene rings is 1. The molecule has 0 saturated carbocycles. The smallest absolute Gasteiger partial charge is 0.193 e. The number of fused-ring (bicyclic) bond motifs is 1. The van der Waals surface area contributed by atoms with Gasteiger partial charge in [0.1, 0.15) is 18.2 Å². The summed E-state index contributed by atoms with van der Waals surface area (Å²) < 4.78 is 7.77. The first-order valence-corrected chi connectivity index (χ1v) is 9.24. The molecule has 150 valence electrons. The van der Waals surface area contributed by atoms with Crippen LogP contribution in [0.2, 0.25) is 0 Å². The molecular formula is C20H27IN6O. The number of ether oxygens (including phenoxy) is 1. The summed E-state index contributed by atoms with van der Waals surface area (Å²) in [4.78, 5) is 6.79. The van der Waals surface area contributed by atoms with E-state index in [9.17, 15) is 0 Å². The van der Waals surface area contributed by atoms with Crippen molar-refractivity contribution < 1.29 is 4.74 Å². The van der Waals surface area contributed by atoms with E-state index in [-0.39, 0.29) is 24.0 Å². The van der Waals surface area contributed by atoms with E-state index in [1.54, 1.807) is 0 Å². The van der Waals surface area contributed by atoms with Crippen molar-refractivity contribution in [3.05, 3.63) is 60.6 Å². The van der Waals surface area contributed by atoms with Gasteiger partial charge in [-0.2, -0.15) is 0 Å². The molecule has 28 heavy (non-hydrogen) atoms. The standard InChI is InChI=1S/C20H26N6O.HI/c1-3-21-20(25(2)15-16-27-17-9-5-4-6-10-17)22-13-12-19-24-23-18-11-7-8-14-26(18)19;/h4-11,14H,3,12-13,15-16H2,1-2H3,(H,21,22);1H. The second-order valence-corrected chi connectivity index (χ2v) is 6.11. The molecule has 0 spiro atoms. The zero-order valence-electron chi connectivity index (χ0n) is 16.3. The van der Waals surface area contributed by atoms with Gasteiger partial charge in [-0.25, -0.2) is 0 Å². The van der Waals surface area contributed by atoms with Crippen LogP contribution in [-0.2, 0) is 6.42 Å². The average molecular weight is 494 g/mol. The zero-order valence-corrected chi connectivity index (χ0v) is 18.6. The second-order valence-electron chi connectivity index (χ2n) is 6.11. The van der Waals surface area contributed by atoms with Crippen LogP contribution in [0.3, 0.4) is 0 Å². The molecule has 0 amide bonds. The van der Waals surface area contributed by atoms with Crippen molar-refractivity contribution in [1.29, 1.82) is 0 Å². The number of nitrogens with zero attached hydrogens (tertiary/aromatic N) is 5. The maximum Gasteiger partial charge on any atom is 0.193 e. The van der Waals surface area contributed by atoms with Crippen molar-refractivity contribution in [3.63, 3.8) is 0 Å².